The molecular formula is C19H19FN4OS. The fraction of sp³-hybridized carbons (Fsp3) is 0.211. The van der Waals surface area contributed by atoms with Crippen LogP contribution in [0.3, 0.4) is 0 Å². The summed E-state index contributed by atoms with van der Waals surface area (Å²) in [6, 6.07) is 13.5. The molecule has 1 aromatic heterocycles. The molecule has 0 aliphatic rings. The lowest BCUT2D eigenvalue weighted by molar-refractivity contribution is -0.115. The van der Waals surface area contributed by atoms with E-state index in [1.165, 1.54) is 23.9 Å². The number of aromatic nitrogens is 2. The number of carbonyl (C=O) groups is 1. The molecule has 1 unspecified atom stereocenters. The summed E-state index contributed by atoms with van der Waals surface area (Å²) in [6.07, 6.45) is 0. The number of nitrogens with one attached hydrogen (secondary N) is 2. The van der Waals surface area contributed by atoms with Crippen LogP contribution in [0.1, 0.15) is 13.8 Å². The van der Waals surface area contributed by atoms with Crippen LogP contribution in [-0.2, 0) is 4.79 Å². The largest absolute Gasteiger partial charge is 0.370 e. The molecule has 134 valence electrons. The number of hydrogen-bond acceptors (Lipinski definition) is 5. The lowest BCUT2D eigenvalue weighted by atomic mass is 10.2. The number of anilines is 2. The van der Waals surface area contributed by atoms with E-state index in [0.29, 0.717) is 10.8 Å². The molecule has 1 atom stereocenters. The molecule has 0 aliphatic carbocycles. The number of halogens is 1. The smallest absolute Gasteiger partial charge is 0.237 e. The second-order valence-electron chi connectivity index (χ2n) is 5.66. The maximum absolute atomic E-state index is 13.2. The first-order valence-electron chi connectivity index (χ1n) is 8.30. The SMILES string of the molecule is CCNc1nc(SC(C)C(=O)Nc2cccc(F)c2)nc2ccccc12. The van der Waals surface area contributed by atoms with Gasteiger partial charge in [-0.3, -0.25) is 4.79 Å². The van der Waals surface area contributed by atoms with Crippen molar-refractivity contribution >= 4 is 40.1 Å². The molecule has 3 rings (SSSR count). The van der Waals surface area contributed by atoms with Gasteiger partial charge in [0.1, 0.15) is 11.6 Å². The van der Waals surface area contributed by atoms with Gasteiger partial charge in [-0.2, -0.15) is 0 Å². The number of para-hydroxylation sites is 1. The highest BCUT2D eigenvalue weighted by molar-refractivity contribution is 8.00. The van der Waals surface area contributed by atoms with E-state index in [1.54, 1.807) is 19.1 Å². The number of hydrogen-bond donors (Lipinski definition) is 2. The maximum Gasteiger partial charge on any atom is 0.237 e. The van der Waals surface area contributed by atoms with E-state index in [4.69, 9.17) is 0 Å². The molecule has 1 heterocycles. The normalized spacial score (nSPS) is 12.0. The van der Waals surface area contributed by atoms with Crippen molar-refractivity contribution < 1.29 is 9.18 Å². The van der Waals surface area contributed by atoms with Gasteiger partial charge in [-0.05, 0) is 44.2 Å². The van der Waals surface area contributed by atoms with Crippen molar-refractivity contribution in [3.63, 3.8) is 0 Å². The minimum Gasteiger partial charge on any atom is -0.370 e. The average Bonchev–Trinajstić information content (AvgIpc) is 2.62. The fourth-order valence-corrected chi connectivity index (χ4v) is 3.21. The summed E-state index contributed by atoms with van der Waals surface area (Å²) in [5, 5.41) is 6.96. The van der Waals surface area contributed by atoms with Crippen molar-refractivity contribution in [2.24, 2.45) is 0 Å². The van der Waals surface area contributed by atoms with E-state index in [0.717, 1.165) is 23.3 Å². The Hall–Kier alpha value is -2.67. The van der Waals surface area contributed by atoms with Crippen LogP contribution in [0, 0.1) is 5.82 Å². The molecule has 0 bridgehead atoms. The minimum absolute atomic E-state index is 0.234. The second-order valence-corrected chi connectivity index (χ2v) is 6.97. The average molecular weight is 370 g/mol. The Morgan fingerprint density at radius 3 is 2.77 bits per heavy atom. The second kappa shape index (κ2) is 8.14. The molecular weight excluding hydrogens is 351 g/mol. The first-order valence-corrected chi connectivity index (χ1v) is 9.18. The Morgan fingerprint density at radius 2 is 2.00 bits per heavy atom. The highest BCUT2D eigenvalue weighted by Crippen LogP contribution is 2.27. The number of amides is 1. The molecule has 2 N–H and O–H groups in total. The van der Waals surface area contributed by atoms with Gasteiger partial charge in [0.25, 0.3) is 0 Å². The van der Waals surface area contributed by atoms with Gasteiger partial charge in [-0.25, -0.2) is 14.4 Å². The van der Waals surface area contributed by atoms with Gasteiger partial charge in [0.15, 0.2) is 5.16 Å². The summed E-state index contributed by atoms with van der Waals surface area (Å²) >= 11 is 1.26. The number of carbonyl (C=O) groups excluding carboxylic acids is 1. The molecule has 1 amide bonds. The first kappa shape index (κ1) is 18.1. The molecule has 26 heavy (non-hydrogen) atoms. The van der Waals surface area contributed by atoms with Crippen LogP contribution in [0.25, 0.3) is 10.9 Å². The molecule has 0 aliphatic heterocycles. The van der Waals surface area contributed by atoms with Crippen LogP contribution in [-0.4, -0.2) is 27.7 Å². The zero-order valence-electron chi connectivity index (χ0n) is 14.5. The summed E-state index contributed by atoms with van der Waals surface area (Å²) in [7, 11) is 0. The quantitative estimate of drug-likeness (QED) is 0.500. The predicted octanol–water partition coefficient (Wildman–Crippen LogP) is 4.32. The number of fused-ring (bicyclic) bond motifs is 1. The summed E-state index contributed by atoms with van der Waals surface area (Å²) < 4.78 is 13.2. The van der Waals surface area contributed by atoms with Gasteiger partial charge >= 0.3 is 0 Å². The predicted molar refractivity (Wildman–Crippen MR) is 104 cm³/mol. The van der Waals surface area contributed by atoms with Crippen LogP contribution < -0.4 is 10.6 Å². The van der Waals surface area contributed by atoms with E-state index < -0.39 is 11.1 Å². The lowest BCUT2D eigenvalue weighted by Gasteiger charge is -2.13. The maximum atomic E-state index is 13.2. The number of benzene rings is 2. The van der Waals surface area contributed by atoms with Crippen LogP contribution >= 0.6 is 11.8 Å². The van der Waals surface area contributed by atoms with E-state index in [-0.39, 0.29) is 5.91 Å². The van der Waals surface area contributed by atoms with Crippen molar-refractivity contribution in [1.29, 1.82) is 0 Å². The van der Waals surface area contributed by atoms with Crippen LogP contribution in [0.15, 0.2) is 53.7 Å². The lowest BCUT2D eigenvalue weighted by Crippen LogP contribution is -2.22. The van der Waals surface area contributed by atoms with E-state index >= 15 is 0 Å². The molecule has 2 aromatic carbocycles. The fourth-order valence-electron chi connectivity index (χ4n) is 2.43. The number of nitrogens with zero attached hydrogens (tertiary/aromatic N) is 2. The zero-order chi connectivity index (χ0) is 18.5. The third-order valence-electron chi connectivity index (χ3n) is 3.67. The molecule has 0 radical (unpaired) electrons. The van der Waals surface area contributed by atoms with Gasteiger partial charge in [-0.1, -0.05) is 30.0 Å². The van der Waals surface area contributed by atoms with E-state index in [1.807, 2.05) is 31.2 Å². The molecule has 0 saturated carbocycles. The number of rotatable bonds is 6. The Morgan fingerprint density at radius 1 is 1.19 bits per heavy atom. The monoisotopic (exact) mass is 370 g/mol. The van der Waals surface area contributed by atoms with Crippen molar-refractivity contribution in [2.45, 2.75) is 24.3 Å². The number of thioether (sulfide) groups is 1. The molecule has 5 nitrogen and oxygen atoms in total. The molecule has 7 heteroatoms. The standard InChI is InChI=1S/C19H19FN4OS/c1-3-21-17-15-9-4-5-10-16(15)23-19(24-17)26-12(2)18(25)22-14-8-6-7-13(20)11-14/h4-12H,3H2,1-2H3,(H,22,25)(H,21,23,24). The molecule has 0 spiro atoms. The van der Waals surface area contributed by atoms with Gasteiger partial charge in [0.05, 0.1) is 10.8 Å². The van der Waals surface area contributed by atoms with Gasteiger partial charge in [0, 0.05) is 17.6 Å². The zero-order valence-corrected chi connectivity index (χ0v) is 15.3. The summed E-state index contributed by atoms with van der Waals surface area (Å²) in [4.78, 5) is 21.4. The summed E-state index contributed by atoms with van der Waals surface area (Å²) in [6.45, 7) is 4.50. The molecule has 0 fully saturated rings. The summed E-state index contributed by atoms with van der Waals surface area (Å²) in [5.74, 6) is 0.122. The van der Waals surface area contributed by atoms with Crippen LogP contribution in [0.4, 0.5) is 15.9 Å². The van der Waals surface area contributed by atoms with Crippen molar-refractivity contribution in [3.05, 3.63) is 54.3 Å². The minimum atomic E-state index is -0.436. The van der Waals surface area contributed by atoms with Crippen molar-refractivity contribution in [3.8, 4) is 0 Å². The van der Waals surface area contributed by atoms with Gasteiger partial charge in [0.2, 0.25) is 5.91 Å². The third kappa shape index (κ3) is 4.29. The molecule has 0 saturated heterocycles. The third-order valence-corrected chi connectivity index (χ3v) is 4.63. The van der Waals surface area contributed by atoms with Gasteiger partial charge < -0.3 is 10.6 Å². The Kier molecular flexibility index (Phi) is 5.68. The van der Waals surface area contributed by atoms with Gasteiger partial charge in [-0.15, -0.1) is 0 Å². The van der Waals surface area contributed by atoms with E-state index in [2.05, 4.69) is 20.6 Å². The highest BCUT2D eigenvalue weighted by Gasteiger charge is 2.18. The van der Waals surface area contributed by atoms with Crippen molar-refractivity contribution in [2.75, 3.05) is 17.2 Å². The highest BCUT2D eigenvalue weighted by atomic mass is 32.2. The Balaban J connectivity index is 1.78. The van der Waals surface area contributed by atoms with E-state index in [9.17, 15) is 9.18 Å². The topological polar surface area (TPSA) is 66.9 Å². The summed E-state index contributed by atoms with van der Waals surface area (Å²) in [5.41, 5.74) is 1.24. The molecule has 3 aromatic rings. The van der Waals surface area contributed by atoms with Crippen LogP contribution in [0.5, 0.6) is 0 Å². The Bertz CT molecular complexity index is 934. The van der Waals surface area contributed by atoms with Crippen molar-refractivity contribution in [1.82, 2.24) is 9.97 Å². The first-order chi connectivity index (χ1) is 12.6. The Labute approximate surface area is 155 Å². The van der Waals surface area contributed by atoms with Crippen LogP contribution in [0.2, 0.25) is 0 Å².